The molecule has 1 amide bonds. The SMILES string of the molecule is CC(=O)NC(COc1cc(F)c(Br)cc1[N+](=O)[O-])C(=O)O. The molecule has 114 valence electrons. The average Bonchev–Trinajstić information content (AvgIpc) is 2.36. The van der Waals surface area contributed by atoms with Gasteiger partial charge in [-0.05, 0) is 15.9 Å². The van der Waals surface area contributed by atoms with Crippen LogP contribution in [0.15, 0.2) is 16.6 Å². The molecule has 8 nitrogen and oxygen atoms in total. The lowest BCUT2D eigenvalue weighted by atomic mass is 10.2. The average molecular weight is 365 g/mol. The molecule has 0 bridgehead atoms. The molecular weight excluding hydrogens is 355 g/mol. The Bertz CT molecular complexity index is 594. The first-order chi connectivity index (χ1) is 9.72. The van der Waals surface area contributed by atoms with Crippen LogP contribution in [0.2, 0.25) is 0 Å². The monoisotopic (exact) mass is 364 g/mol. The number of nitrogens with one attached hydrogen (secondary N) is 1. The summed E-state index contributed by atoms with van der Waals surface area (Å²) in [5.74, 6) is -3.23. The van der Waals surface area contributed by atoms with Crippen LogP contribution in [0, 0.1) is 15.9 Å². The zero-order valence-corrected chi connectivity index (χ0v) is 12.2. The smallest absolute Gasteiger partial charge is 0.329 e. The fourth-order valence-corrected chi connectivity index (χ4v) is 1.70. The van der Waals surface area contributed by atoms with E-state index in [9.17, 15) is 24.1 Å². The number of ether oxygens (including phenoxy) is 1. The summed E-state index contributed by atoms with van der Waals surface area (Å²) in [6.07, 6.45) is 0. The molecule has 0 aliphatic heterocycles. The molecular formula is C11H10BrFN2O6. The van der Waals surface area contributed by atoms with Gasteiger partial charge in [-0.15, -0.1) is 0 Å². The van der Waals surface area contributed by atoms with Crippen LogP contribution in [0.4, 0.5) is 10.1 Å². The van der Waals surface area contributed by atoms with Gasteiger partial charge in [-0.1, -0.05) is 0 Å². The lowest BCUT2D eigenvalue weighted by Crippen LogP contribution is -2.43. The van der Waals surface area contributed by atoms with Crippen LogP contribution in [0.25, 0.3) is 0 Å². The first kappa shape index (κ1) is 16.8. The second kappa shape index (κ2) is 6.97. The molecule has 21 heavy (non-hydrogen) atoms. The van der Waals surface area contributed by atoms with Crippen LogP contribution in [-0.2, 0) is 9.59 Å². The van der Waals surface area contributed by atoms with Crippen molar-refractivity contribution in [3.63, 3.8) is 0 Å². The maximum atomic E-state index is 13.4. The van der Waals surface area contributed by atoms with Gasteiger partial charge >= 0.3 is 11.7 Å². The molecule has 0 heterocycles. The molecule has 0 spiro atoms. The molecule has 0 radical (unpaired) electrons. The summed E-state index contributed by atoms with van der Waals surface area (Å²) < 4.78 is 18.2. The van der Waals surface area contributed by atoms with Crippen molar-refractivity contribution in [2.75, 3.05) is 6.61 Å². The molecule has 1 rings (SSSR count). The van der Waals surface area contributed by atoms with Gasteiger partial charge in [0.05, 0.1) is 9.40 Å². The van der Waals surface area contributed by atoms with E-state index in [1.54, 1.807) is 0 Å². The van der Waals surface area contributed by atoms with Crippen molar-refractivity contribution in [3.05, 3.63) is 32.5 Å². The van der Waals surface area contributed by atoms with Crippen LogP contribution in [0.5, 0.6) is 5.75 Å². The highest BCUT2D eigenvalue weighted by molar-refractivity contribution is 9.10. The quantitative estimate of drug-likeness (QED) is 0.582. The molecule has 1 atom stereocenters. The highest BCUT2D eigenvalue weighted by Crippen LogP contribution is 2.32. The molecule has 0 fully saturated rings. The Labute approximate surface area is 126 Å². The lowest BCUT2D eigenvalue weighted by molar-refractivity contribution is -0.386. The van der Waals surface area contributed by atoms with E-state index in [4.69, 9.17) is 9.84 Å². The topological polar surface area (TPSA) is 119 Å². The van der Waals surface area contributed by atoms with Gasteiger partial charge in [-0.3, -0.25) is 14.9 Å². The number of carbonyl (C=O) groups is 2. The predicted molar refractivity (Wildman–Crippen MR) is 71.5 cm³/mol. The van der Waals surface area contributed by atoms with Crippen LogP contribution in [-0.4, -0.2) is 34.6 Å². The van der Waals surface area contributed by atoms with Gasteiger partial charge in [0.2, 0.25) is 5.91 Å². The summed E-state index contributed by atoms with van der Waals surface area (Å²) >= 11 is 2.80. The number of carbonyl (C=O) groups excluding carboxylic acids is 1. The molecule has 1 aromatic rings. The Balaban J connectivity index is 2.96. The minimum atomic E-state index is -1.41. The van der Waals surface area contributed by atoms with E-state index in [0.717, 1.165) is 19.1 Å². The van der Waals surface area contributed by atoms with Gasteiger partial charge in [0.15, 0.2) is 11.8 Å². The highest BCUT2D eigenvalue weighted by Gasteiger charge is 2.23. The number of hydrogen-bond donors (Lipinski definition) is 2. The first-order valence-electron chi connectivity index (χ1n) is 5.48. The summed E-state index contributed by atoms with van der Waals surface area (Å²) in [5, 5.41) is 21.8. The minimum absolute atomic E-state index is 0.127. The van der Waals surface area contributed by atoms with Crippen molar-refractivity contribution in [1.82, 2.24) is 5.32 Å². The van der Waals surface area contributed by atoms with E-state index < -0.39 is 46.7 Å². The van der Waals surface area contributed by atoms with Crippen LogP contribution >= 0.6 is 15.9 Å². The van der Waals surface area contributed by atoms with Crippen LogP contribution in [0.1, 0.15) is 6.92 Å². The zero-order valence-electron chi connectivity index (χ0n) is 10.6. The number of rotatable bonds is 6. The molecule has 1 unspecified atom stereocenters. The minimum Gasteiger partial charge on any atom is -0.484 e. The molecule has 0 aliphatic carbocycles. The molecule has 0 saturated carbocycles. The summed E-state index contributed by atoms with van der Waals surface area (Å²) in [6.45, 7) is 0.522. The number of aliphatic carboxylic acids is 1. The Kier molecular flexibility index (Phi) is 5.59. The molecule has 2 N–H and O–H groups in total. The Morgan fingerprint density at radius 1 is 1.57 bits per heavy atom. The summed E-state index contributed by atoms with van der Waals surface area (Å²) in [5.41, 5.74) is -0.532. The van der Waals surface area contributed by atoms with E-state index in [2.05, 4.69) is 21.2 Å². The van der Waals surface area contributed by atoms with E-state index >= 15 is 0 Å². The molecule has 0 saturated heterocycles. The largest absolute Gasteiger partial charge is 0.484 e. The third-order valence-corrected chi connectivity index (χ3v) is 2.89. The second-order valence-corrected chi connectivity index (χ2v) is 4.75. The number of halogens is 2. The number of carboxylic acid groups (broad SMARTS) is 1. The van der Waals surface area contributed by atoms with Crippen molar-refractivity contribution in [2.24, 2.45) is 0 Å². The van der Waals surface area contributed by atoms with Crippen molar-refractivity contribution in [3.8, 4) is 5.75 Å². The third-order valence-electron chi connectivity index (χ3n) is 2.28. The van der Waals surface area contributed by atoms with E-state index in [1.165, 1.54) is 0 Å². The second-order valence-electron chi connectivity index (χ2n) is 3.89. The van der Waals surface area contributed by atoms with Crippen molar-refractivity contribution < 1.29 is 28.7 Å². The van der Waals surface area contributed by atoms with E-state index in [1.807, 2.05) is 0 Å². The third kappa shape index (κ3) is 4.67. The Morgan fingerprint density at radius 3 is 2.67 bits per heavy atom. The Hall–Kier alpha value is -2.23. The lowest BCUT2D eigenvalue weighted by Gasteiger charge is -2.14. The maximum Gasteiger partial charge on any atom is 0.329 e. The number of nitrogens with zero attached hydrogens (tertiary/aromatic N) is 1. The standard InChI is InChI=1S/C11H10BrFN2O6/c1-5(16)14-8(11(17)18)4-21-10-3-7(13)6(12)2-9(10)15(19)20/h2-3,8H,4H2,1H3,(H,14,16)(H,17,18). The van der Waals surface area contributed by atoms with E-state index in [0.29, 0.717) is 0 Å². The maximum absolute atomic E-state index is 13.4. The number of benzene rings is 1. The molecule has 0 aliphatic rings. The van der Waals surface area contributed by atoms with Crippen LogP contribution < -0.4 is 10.1 Å². The van der Waals surface area contributed by atoms with Gasteiger partial charge in [0.1, 0.15) is 12.4 Å². The fourth-order valence-electron chi connectivity index (χ4n) is 1.37. The number of carboxylic acids is 1. The van der Waals surface area contributed by atoms with Gasteiger partial charge in [0, 0.05) is 19.1 Å². The van der Waals surface area contributed by atoms with E-state index in [-0.39, 0.29) is 4.47 Å². The number of nitro groups is 1. The molecule has 1 aromatic carbocycles. The summed E-state index contributed by atoms with van der Waals surface area (Å²) in [4.78, 5) is 31.8. The summed E-state index contributed by atoms with van der Waals surface area (Å²) in [6, 6.07) is 0.252. The zero-order chi connectivity index (χ0) is 16.2. The van der Waals surface area contributed by atoms with Crippen LogP contribution in [0.3, 0.4) is 0 Å². The summed E-state index contributed by atoms with van der Waals surface area (Å²) in [7, 11) is 0. The number of nitro benzene ring substituents is 1. The molecule has 0 aromatic heterocycles. The van der Waals surface area contributed by atoms with Gasteiger partial charge in [0.25, 0.3) is 0 Å². The van der Waals surface area contributed by atoms with Crippen molar-refractivity contribution in [1.29, 1.82) is 0 Å². The van der Waals surface area contributed by atoms with Crippen molar-refractivity contribution in [2.45, 2.75) is 13.0 Å². The fraction of sp³-hybridized carbons (Fsp3) is 0.273. The number of hydrogen-bond acceptors (Lipinski definition) is 5. The normalized spacial score (nSPS) is 11.6. The predicted octanol–water partition coefficient (Wildman–Crippen LogP) is 1.46. The van der Waals surface area contributed by atoms with Gasteiger partial charge < -0.3 is 15.2 Å². The van der Waals surface area contributed by atoms with Gasteiger partial charge in [-0.2, -0.15) is 0 Å². The Morgan fingerprint density at radius 2 is 2.19 bits per heavy atom. The first-order valence-corrected chi connectivity index (χ1v) is 6.27. The number of amides is 1. The highest BCUT2D eigenvalue weighted by atomic mass is 79.9. The van der Waals surface area contributed by atoms with Gasteiger partial charge in [-0.25, -0.2) is 9.18 Å². The van der Waals surface area contributed by atoms with Crippen molar-refractivity contribution >= 4 is 33.5 Å². The molecule has 10 heteroatoms.